The van der Waals surface area contributed by atoms with Crippen molar-refractivity contribution < 1.29 is 14.3 Å². The van der Waals surface area contributed by atoms with Gasteiger partial charge in [0.2, 0.25) is 11.8 Å². The van der Waals surface area contributed by atoms with Crippen molar-refractivity contribution in [3.63, 3.8) is 0 Å². The number of aromatic amines is 1. The van der Waals surface area contributed by atoms with E-state index in [2.05, 4.69) is 9.97 Å². The number of nitrogens with zero attached hydrogens (tertiary/aromatic N) is 3. The van der Waals surface area contributed by atoms with Crippen LogP contribution < -0.4 is 5.56 Å². The van der Waals surface area contributed by atoms with Gasteiger partial charge < -0.3 is 19.5 Å². The van der Waals surface area contributed by atoms with Crippen LogP contribution in [-0.2, 0) is 20.9 Å². The molecule has 138 valence electrons. The number of carbonyl (C=O) groups excluding carboxylic acids is 2. The standard InChI is InChI=1S/C18H22N4O4/c1-21(16(23)6-7-17(24)22-8-10-26-11-9-22)12-15-19-14-5-3-2-4-13(14)18(25)20-15/h2-5H,6-12H2,1H3,(H,19,20,25). The van der Waals surface area contributed by atoms with Crippen LogP contribution in [0.25, 0.3) is 10.9 Å². The average Bonchev–Trinajstić information content (AvgIpc) is 2.66. The molecule has 1 aliphatic rings. The Bertz CT molecular complexity index is 858. The van der Waals surface area contributed by atoms with Crippen LogP contribution in [0, 0.1) is 0 Å². The van der Waals surface area contributed by atoms with Gasteiger partial charge in [-0.15, -0.1) is 0 Å². The molecule has 1 saturated heterocycles. The summed E-state index contributed by atoms with van der Waals surface area (Å²) in [6, 6.07) is 7.05. The summed E-state index contributed by atoms with van der Waals surface area (Å²) in [4.78, 5) is 46.8. The van der Waals surface area contributed by atoms with Crippen molar-refractivity contribution >= 4 is 22.7 Å². The van der Waals surface area contributed by atoms with Crippen molar-refractivity contribution in [1.82, 2.24) is 19.8 Å². The number of benzene rings is 1. The maximum atomic E-state index is 12.3. The number of rotatable bonds is 5. The summed E-state index contributed by atoms with van der Waals surface area (Å²) in [6.45, 7) is 2.42. The SMILES string of the molecule is CN(Cc1nc2ccccc2c(=O)[nH]1)C(=O)CCC(=O)N1CCOCC1. The molecule has 3 rings (SSSR count). The molecule has 26 heavy (non-hydrogen) atoms. The smallest absolute Gasteiger partial charge is 0.258 e. The second kappa shape index (κ2) is 8.09. The molecule has 8 nitrogen and oxygen atoms in total. The van der Waals surface area contributed by atoms with E-state index in [-0.39, 0.29) is 36.8 Å². The van der Waals surface area contributed by atoms with Crippen LogP contribution in [0.2, 0.25) is 0 Å². The topological polar surface area (TPSA) is 95.6 Å². The van der Waals surface area contributed by atoms with Crippen LogP contribution in [0.4, 0.5) is 0 Å². The first-order valence-corrected chi connectivity index (χ1v) is 8.62. The van der Waals surface area contributed by atoms with Gasteiger partial charge in [-0.2, -0.15) is 0 Å². The highest BCUT2D eigenvalue weighted by atomic mass is 16.5. The Balaban J connectivity index is 1.57. The zero-order valence-electron chi connectivity index (χ0n) is 14.7. The second-order valence-electron chi connectivity index (χ2n) is 6.27. The summed E-state index contributed by atoms with van der Waals surface area (Å²) in [7, 11) is 1.64. The van der Waals surface area contributed by atoms with E-state index in [1.165, 1.54) is 4.90 Å². The molecule has 2 heterocycles. The predicted octanol–water partition coefficient (Wildman–Crippen LogP) is 0.521. The van der Waals surface area contributed by atoms with E-state index in [1.54, 1.807) is 30.1 Å². The molecule has 0 unspecified atom stereocenters. The monoisotopic (exact) mass is 358 g/mol. The largest absolute Gasteiger partial charge is 0.378 e. The molecule has 0 bridgehead atoms. The van der Waals surface area contributed by atoms with Crippen molar-refractivity contribution in [3.05, 3.63) is 40.4 Å². The summed E-state index contributed by atoms with van der Waals surface area (Å²) in [5, 5.41) is 0.515. The number of carbonyl (C=O) groups is 2. The first kappa shape index (κ1) is 18.1. The zero-order chi connectivity index (χ0) is 18.5. The van der Waals surface area contributed by atoms with E-state index in [4.69, 9.17) is 4.74 Å². The molecule has 1 aromatic carbocycles. The third-order valence-electron chi connectivity index (χ3n) is 4.39. The number of para-hydroxylation sites is 1. The summed E-state index contributed by atoms with van der Waals surface area (Å²) in [5.41, 5.74) is 0.364. The minimum Gasteiger partial charge on any atom is -0.378 e. The molecule has 0 saturated carbocycles. The fourth-order valence-electron chi connectivity index (χ4n) is 2.90. The molecule has 0 radical (unpaired) electrons. The Morgan fingerprint density at radius 3 is 2.73 bits per heavy atom. The average molecular weight is 358 g/mol. The predicted molar refractivity (Wildman–Crippen MR) is 95.5 cm³/mol. The molecule has 1 N–H and O–H groups in total. The molecule has 0 aliphatic carbocycles. The maximum absolute atomic E-state index is 12.3. The number of H-pyrrole nitrogens is 1. The fraction of sp³-hybridized carbons (Fsp3) is 0.444. The number of nitrogens with one attached hydrogen (secondary N) is 1. The number of morpholine rings is 1. The molecule has 1 aliphatic heterocycles. The minimum atomic E-state index is -0.228. The summed E-state index contributed by atoms with van der Waals surface area (Å²) in [5.74, 6) is 0.221. The summed E-state index contributed by atoms with van der Waals surface area (Å²) in [6.07, 6.45) is 0.301. The number of hydrogen-bond acceptors (Lipinski definition) is 5. The summed E-state index contributed by atoms with van der Waals surface area (Å²) < 4.78 is 5.22. The van der Waals surface area contributed by atoms with Crippen molar-refractivity contribution in [2.24, 2.45) is 0 Å². The van der Waals surface area contributed by atoms with Gasteiger partial charge in [0, 0.05) is 33.0 Å². The lowest BCUT2D eigenvalue weighted by Crippen LogP contribution is -2.41. The van der Waals surface area contributed by atoms with Gasteiger partial charge in [-0.1, -0.05) is 12.1 Å². The van der Waals surface area contributed by atoms with Crippen LogP contribution >= 0.6 is 0 Å². The lowest BCUT2D eigenvalue weighted by molar-refractivity contribution is -0.139. The van der Waals surface area contributed by atoms with E-state index in [0.29, 0.717) is 43.0 Å². The van der Waals surface area contributed by atoms with Gasteiger partial charge in [-0.05, 0) is 12.1 Å². The van der Waals surface area contributed by atoms with Crippen LogP contribution in [0.3, 0.4) is 0 Å². The van der Waals surface area contributed by atoms with Crippen LogP contribution in [0.5, 0.6) is 0 Å². The van der Waals surface area contributed by atoms with Crippen molar-refractivity contribution in [2.45, 2.75) is 19.4 Å². The van der Waals surface area contributed by atoms with Crippen LogP contribution in [0.1, 0.15) is 18.7 Å². The lowest BCUT2D eigenvalue weighted by Gasteiger charge is -2.27. The van der Waals surface area contributed by atoms with E-state index in [9.17, 15) is 14.4 Å². The van der Waals surface area contributed by atoms with E-state index in [0.717, 1.165) is 0 Å². The second-order valence-corrected chi connectivity index (χ2v) is 6.27. The van der Waals surface area contributed by atoms with Crippen molar-refractivity contribution in [1.29, 1.82) is 0 Å². The van der Waals surface area contributed by atoms with Gasteiger partial charge in [0.25, 0.3) is 5.56 Å². The van der Waals surface area contributed by atoms with Gasteiger partial charge in [-0.25, -0.2) is 4.98 Å². The molecule has 2 aromatic rings. The Morgan fingerprint density at radius 1 is 1.23 bits per heavy atom. The third-order valence-corrected chi connectivity index (χ3v) is 4.39. The van der Waals surface area contributed by atoms with Crippen molar-refractivity contribution in [2.75, 3.05) is 33.4 Å². The number of fused-ring (bicyclic) bond motifs is 1. The van der Waals surface area contributed by atoms with Crippen LogP contribution in [-0.4, -0.2) is 64.9 Å². The fourth-order valence-corrected chi connectivity index (χ4v) is 2.90. The van der Waals surface area contributed by atoms with Crippen LogP contribution in [0.15, 0.2) is 29.1 Å². The Labute approximate surface area is 150 Å². The molecule has 0 spiro atoms. The third kappa shape index (κ3) is 4.26. The number of hydrogen-bond donors (Lipinski definition) is 1. The molecule has 8 heteroatoms. The summed E-state index contributed by atoms with van der Waals surface area (Å²) >= 11 is 0. The van der Waals surface area contributed by atoms with Gasteiger partial charge >= 0.3 is 0 Å². The normalized spacial score (nSPS) is 14.4. The Morgan fingerprint density at radius 2 is 1.96 bits per heavy atom. The highest BCUT2D eigenvalue weighted by molar-refractivity contribution is 5.83. The van der Waals surface area contributed by atoms with Gasteiger partial charge in [0.1, 0.15) is 5.82 Å². The van der Waals surface area contributed by atoms with Crippen molar-refractivity contribution in [3.8, 4) is 0 Å². The lowest BCUT2D eigenvalue weighted by atomic mass is 10.2. The molecule has 1 aromatic heterocycles. The molecule has 1 fully saturated rings. The van der Waals surface area contributed by atoms with E-state index < -0.39 is 0 Å². The Kier molecular flexibility index (Phi) is 5.62. The number of ether oxygens (including phenoxy) is 1. The number of amides is 2. The molecular weight excluding hydrogens is 336 g/mol. The van der Waals surface area contributed by atoms with E-state index in [1.807, 2.05) is 6.07 Å². The first-order chi connectivity index (χ1) is 12.5. The van der Waals surface area contributed by atoms with E-state index >= 15 is 0 Å². The zero-order valence-corrected chi connectivity index (χ0v) is 14.7. The number of aromatic nitrogens is 2. The van der Waals surface area contributed by atoms with Gasteiger partial charge in [0.15, 0.2) is 0 Å². The molecule has 2 amide bonds. The Hall–Kier alpha value is -2.74. The molecule has 0 atom stereocenters. The van der Waals surface area contributed by atoms with Gasteiger partial charge in [0.05, 0.1) is 30.7 Å². The minimum absolute atomic E-state index is 0.0349. The quantitative estimate of drug-likeness (QED) is 0.841. The highest BCUT2D eigenvalue weighted by Gasteiger charge is 2.19. The molecular formula is C18H22N4O4. The van der Waals surface area contributed by atoms with Gasteiger partial charge in [-0.3, -0.25) is 14.4 Å². The maximum Gasteiger partial charge on any atom is 0.258 e. The first-order valence-electron chi connectivity index (χ1n) is 8.62. The highest BCUT2D eigenvalue weighted by Crippen LogP contribution is 2.08.